The van der Waals surface area contributed by atoms with Crippen LogP contribution in [0.2, 0.25) is 0 Å². The van der Waals surface area contributed by atoms with Crippen molar-refractivity contribution in [1.82, 2.24) is 10.2 Å². The smallest absolute Gasteiger partial charge is 0.142 e. The fourth-order valence-electron chi connectivity index (χ4n) is 1.10. The van der Waals surface area contributed by atoms with E-state index in [0.29, 0.717) is 0 Å². The molecule has 0 radical (unpaired) electrons. The Bertz CT molecular complexity index is 453. The van der Waals surface area contributed by atoms with E-state index < -0.39 is 0 Å². The molecule has 0 aliphatic rings. The molecule has 1 atom stereocenters. The Labute approximate surface area is 111 Å². The zero-order chi connectivity index (χ0) is 10.8. The highest BCUT2D eigenvalue weighted by Crippen LogP contribution is 2.29. The average molecular weight is 351 g/mol. The summed E-state index contributed by atoms with van der Waals surface area (Å²) in [6.45, 7) is 1.90. The molecule has 5 heteroatoms. The van der Waals surface area contributed by atoms with Gasteiger partial charge in [-0.3, -0.25) is 0 Å². The third kappa shape index (κ3) is 2.68. The molecule has 1 aromatic heterocycles. The maximum Gasteiger partial charge on any atom is 0.147 e. The van der Waals surface area contributed by atoms with Crippen LogP contribution in [0.5, 0.6) is 0 Å². The highest BCUT2D eigenvalue weighted by atomic mass is 127. The molecule has 0 bridgehead atoms. The van der Waals surface area contributed by atoms with Gasteiger partial charge in [0.1, 0.15) is 10.0 Å². The van der Waals surface area contributed by atoms with Crippen LogP contribution in [0.3, 0.4) is 0 Å². The van der Waals surface area contributed by atoms with Gasteiger partial charge in [0.2, 0.25) is 0 Å². The van der Waals surface area contributed by atoms with Crippen LogP contribution in [0.25, 0.3) is 10.6 Å². The predicted octanol–water partition coefficient (Wildman–Crippen LogP) is 4.11. The second-order valence-electron chi connectivity index (χ2n) is 3.07. The summed E-state index contributed by atoms with van der Waals surface area (Å²) in [6, 6.07) is 8.21. The number of aromatic nitrogens is 2. The quantitative estimate of drug-likeness (QED) is 0.602. The average Bonchev–Trinajstić information content (AvgIpc) is 2.68. The van der Waals surface area contributed by atoms with Crippen molar-refractivity contribution in [2.45, 2.75) is 12.3 Å². The molecule has 0 amide bonds. The van der Waals surface area contributed by atoms with Crippen LogP contribution in [0.15, 0.2) is 24.3 Å². The zero-order valence-electron chi connectivity index (χ0n) is 7.95. The van der Waals surface area contributed by atoms with E-state index in [0.717, 1.165) is 15.6 Å². The molecular formula is C10H8ClIN2S. The number of rotatable bonds is 2. The van der Waals surface area contributed by atoms with Gasteiger partial charge in [-0.15, -0.1) is 21.8 Å². The molecule has 2 aromatic rings. The van der Waals surface area contributed by atoms with E-state index in [4.69, 9.17) is 11.6 Å². The first-order valence-corrected chi connectivity index (χ1v) is 6.73. The Hall–Kier alpha value is -0.200. The second kappa shape index (κ2) is 4.76. The van der Waals surface area contributed by atoms with Crippen LogP contribution in [-0.2, 0) is 0 Å². The summed E-state index contributed by atoms with van der Waals surface area (Å²) in [7, 11) is 0. The minimum absolute atomic E-state index is 0.0694. The molecule has 2 rings (SSSR count). The van der Waals surface area contributed by atoms with Gasteiger partial charge in [0.15, 0.2) is 0 Å². The number of halogens is 2. The predicted molar refractivity (Wildman–Crippen MR) is 72.3 cm³/mol. The second-order valence-corrected chi connectivity index (χ2v) is 5.98. The highest BCUT2D eigenvalue weighted by molar-refractivity contribution is 14.1. The van der Waals surface area contributed by atoms with Gasteiger partial charge < -0.3 is 0 Å². The number of alkyl halides is 1. The molecule has 0 aliphatic heterocycles. The molecule has 2 nitrogen and oxygen atoms in total. The van der Waals surface area contributed by atoms with E-state index in [1.807, 2.05) is 19.1 Å². The SMILES string of the molecule is CC(Cl)c1nnc(-c2ccc(I)cc2)s1. The first-order chi connectivity index (χ1) is 7.16. The van der Waals surface area contributed by atoms with Crippen LogP contribution in [0, 0.1) is 3.57 Å². The lowest BCUT2D eigenvalue weighted by Gasteiger charge is -1.95. The Morgan fingerprint density at radius 1 is 1.27 bits per heavy atom. The lowest BCUT2D eigenvalue weighted by molar-refractivity contribution is 0.962. The van der Waals surface area contributed by atoms with Crippen molar-refractivity contribution in [2.24, 2.45) is 0 Å². The van der Waals surface area contributed by atoms with Gasteiger partial charge in [-0.25, -0.2) is 0 Å². The summed E-state index contributed by atoms with van der Waals surface area (Å²) in [5, 5.41) is 9.89. The fraction of sp³-hybridized carbons (Fsp3) is 0.200. The first kappa shape index (κ1) is 11.3. The molecule has 0 saturated heterocycles. The van der Waals surface area contributed by atoms with Crippen LogP contribution < -0.4 is 0 Å². The van der Waals surface area contributed by atoms with Crippen molar-refractivity contribution in [3.8, 4) is 10.6 Å². The van der Waals surface area contributed by atoms with Crippen molar-refractivity contribution in [2.75, 3.05) is 0 Å². The molecule has 1 aromatic carbocycles. The maximum absolute atomic E-state index is 5.94. The number of hydrogen-bond acceptors (Lipinski definition) is 3. The number of benzene rings is 1. The van der Waals surface area contributed by atoms with Crippen molar-refractivity contribution >= 4 is 45.5 Å². The van der Waals surface area contributed by atoms with E-state index in [1.165, 1.54) is 3.57 Å². The molecule has 0 N–H and O–H groups in total. The molecule has 0 fully saturated rings. The van der Waals surface area contributed by atoms with Gasteiger partial charge in [-0.05, 0) is 41.6 Å². The number of nitrogens with zero attached hydrogens (tertiary/aromatic N) is 2. The van der Waals surface area contributed by atoms with Crippen molar-refractivity contribution in [3.05, 3.63) is 32.8 Å². The lowest BCUT2D eigenvalue weighted by atomic mass is 10.2. The summed E-state index contributed by atoms with van der Waals surface area (Å²) >= 11 is 9.76. The third-order valence-electron chi connectivity index (χ3n) is 1.87. The fourth-order valence-corrected chi connectivity index (χ4v) is 2.42. The van der Waals surface area contributed by atoms with Gasteiger partial charge in [-0.1, -0.05) is 23.5 Å². The maximum atomic E-state index is 5.94. The minimum atomic E-state index is -0.0694. The van der Waals surface area contributed by atoms with Gasteiger partial charge in [0.25, 0.3) is 0 Å². The summed E-state index contributed by atoms with van der Waals surface area (Å²) < 4.78 is 1.21. The molecule has 1 unspecified atom stereocenters. The summed E-state index contributed by atoms with van der Waals surface area (Å²) in [5.41, 5.74) is 1.09. The zero-order valence-corrected chi connectivity index (χ0v) is 11.7. The highest BCUT2D eigenvalue weighted by Gasteiger charge is 2.10. The number of hydrogen-bond donors (Lipinski definition) is 0. The molecular weight excluding hydrogens is 343 g/mol. The van der Waals surface area contributed by atoms with Crippen LogP contribution in [0.4, 0.5) is 0 Å². The molecule has 15 heavy (non-hydrogen) atoms. The summed E-state index contributed by atoms with van der Waals surface area (Å²) in [4.78, 5) is 0. The lowest BCUT2D eigenvalue weighted by Crippen LogP contribution is -1.80. The Morgan fingerprint density at radius 3 is 2.47 bits per heavy atom. The largest absolute Gasteiger partial charge is 0.147 e. The Kier molecular flexibility index (Phi) is 3.58. The van der Waals surface area contributed by atoms with E-state index in [2.05, 4.69) is 44.9 Å². The standard InChI is InChI=1S/C10H8ClIN2S/c1-6(11)9-13-14-10(15-9)7-2-4-8(12)5-3-7/h2-6H,1H3. The van der Waals surface area contributed by atoms with Crippen molar-refractivity contribution in [1.29, 1.82) is 0 Å². The van der Waals surface area contributed by atoms with Crippen molar-refractivity contribution in [3.63, 3.8) is 0 Å². The Balaban J connectivity index is 2.33. The van der Waals surface area contributed by atoms with Crippen molar-refractivity contribution < 1.29 is 0 Å². The normalized spacial score (nSPS) is 12.7. The van der Waals surface area contributed by atoms with Gasteiger partial charge in [-0.2, -0.15) is 0 Å². The van der Waals surface area contributed by atoms with Gasteiger partial charge in [0, 0.05) is 9.13 Å². The van der Waals surface area contributed by atoms with Gasteiger partial charge >= 0.3 is 0 Å². The topological polar surface area (TPSA) is 25.8 Å². The molecule has 0 saturated carbocycles. The molecule has 0 spiro atoms. The molecule has 1 heterocycles. The van der Waals surface area contributed by atoms with Gasteiger partial charge in [0.05, 0.1) is 5.38 Å². The summed E-state index contributed by atoms with van der Waals surface area (Å²) in [5.74, 6) is 0. The van der Waals surface area contributed by atoms with E-state index in [1.54, 1.807) is 11.3 Å². The Morgan fingerprint density at radius 2 is 1.93 bits per heavy atom. The van der Waals surface area contributed by atoms with Crippen LogP contribution in [0.1, 0.15) is 17.3 Å². The van der Waals surface area contributed by atoms with E-state index >= 15 is 0 Å². The van der Waals surface area contributed by atoms with E-state index in [-0.39, 0.29) is 5.38 Å². The molecule has 0 aliphatic carbocycles. The third-order valence-corrected chi connectivity index (χ3v) is 4.08. The summed E-state index contributed by atoms with van der Waals surface area (Å²) in [6.07, 6.45) is 0. The molecule has 78 valence electrons. The monoisotopic (exact) mass is 350 g/mol. The van der Waals surface area contributed by atoms with Crippen LogP contribution >= 0.6 is 45.5 Å². The minimum Gasteiger partial charge on any atom is -0.142 e. The van der Waals surface area contributed by atoms with E-state index in [9.17, 15) is 0 Å². The first-order valence-electron chi connectivity index (χ1n) is 4.40. The van der Waals surface area contributed by atoms with Crippen LogP contribution in [-0.4, -0.2) is 10.2 Å².